The smallest absolute Gasteiger partial charge is 0.328 e. The highest BCUT2D eigenvalue weighted by atomic mass is 32.2. The summed E-state index contributed by atoms with van der Waals surface area (Å²) in [4.78, 5) is 16.5. The Kier molecular flexibility index (Phi) is 5.71. The Morgan fingerprint density at radius 2 is 2.11 bits per heavy atom. The van der Waals surface area contributed by atoms with Crippen molar-refractivity contribution < 1.29 is 9.53 Å². The average Bonchev–Trinajstić information content (AvgIpc) is 2.34. The molecule has 0 saturated carbocycles. The first-order valence-corrected chi connectivity index (χ1v) is 7.79. The second kappa shape index (κ2) is 6.64. The maximum absolute atomic E-state index is 11.8. The number of hydrogen-bond acceptors (Lipinski definition) is 5. The van der Waals surface area contributed by atoms with Crippen LogP contribution in [0.4, 0.5) is 0 Å². The summed E-state index contributed by atoms with van der Waals surface area (Å²) >= 11 is 1.69. The monoisotopic (exact) mass is 286 g/mol. The van der Waals surface area contributed by atoms with Gasteiger partial charge in [-0.3, -0.25) is 4.99 Å². The summed E-state index contributed by atoms with van der Waals surface area (Å²) in [5, 5.41) is 4.12. The number of esters is 1. The molecule has 1 aliphatic rings. The number of rotatable bonds is 3. The van der Waals surface area contributed by atoms with E-state index in [4.69, 9.17) is 9.73 Å². The molecule has 0 saturated heterocycles. The van der Waals surface area contributed by atoms with Crippen LogP contribution in [0.5, 0.6) is 0 Å². The third kappa shape index (κ3) is 4.71. The number of carbonyl (C=O) groups is 1. The van der Waals surface area contributed by atoms with Crippen molar-refractivity contribution in [2.75, 3.05) is 12.9 Å². The minimum atomic E-state index is -0.324. The lowest BCUT2D eigenvalue weighted by Crippen LogP contribution is -2.45. The van der Waals surface area contributed by atoms with Gasteiger partial charge in [-0.15, -0.1) is 0 Å². The Morgan fingerprint density at radius 1 is 1.47 bits per heavy atom. The van der Waals surface area contributed by atoms with Crippen LogP contribution in [0.3, 0.4) is 0 Å². The van der Waals surface area contributed by atoms with E-state index in [-0.39, 0.29) is 23.3 Å². The van der Waals surface area contributed by atoms with Crippen LogP contribution in [0.15, 0.2) is 4.99 Å². The Morgan fingerprint density at radius 3 is 2.58 bits per heavy atom. The van der Waals surface area contributed by atoms with E-state index in [0.717, 1.165) is 17.3 Å². The summed E-state index contributed by atoms with van der Waals surface area (Å²) in [7, 11) is 1.42. The Balaban J connectivity index is 2.79. The fourth-order valence-corrected chi connectivity index (χ4v) is 2.92. The summed E-state index contributed by atoms with van der Waals surface area (Å²) in [6.07, 6.45) is 1.09. The van der Waals surface area contributed by atoms with Gasteiger partial charge in [0.05, 0.1) is 13.2 Å². The lowest BCUT2D eigenvalue weighted by molar-refractivity contribution is -0.143. The molecule has 0 aromatic heterocycles. The standard InChI is InChI=1S/C14H26N2O2S/c1-9(2)11(12(17)18-6)16-13-15-10(7-8-19-13)14(3,4)5/h9-11H,7-8H2,1-6H3,(H,15,16). The van der Waals surface area contributed by atoms with E-state index in [9.17, 15) is 4.79 Å². The van der Waals surface area contributed by atoms with Crippen molar-refractivity contribution in [2.24, 2.45) is 16.3 Å². The maximum atomic E-state index is 11.8. The molecule has 0 amide bonds. The number of thioether (sulfide) groups is 1. The van der Waals surface area contributed by atoms with Gasteiger partial charge < -0.3 is 10.1 Å². The molecule has 5 heteroatoms. The number of aliphatic imine (C=N–C) groups is 1. The molecule has 1 heterocycles. The van der Waals surface area contributed by atoms with Gasteiger partial charge in [0.1, 0.15) is 6.04 Å². The SMILES string of the molecule is COC(=O)C(NC1=NC(C(C)(C)C)CCS1)C(C)C. The molecule has 0 aliphatic carbocycles. The van der Waals surface area contributed by atoms with Gasteiger partial charge >= 0.3 is 5.97 Å². The molecule has 1 aliphatic heterocycles. The van der Waals surface area contributed by atoms with Gasteiger partial charge in [-0.2, -0.15) is 0 Å². The van der Waals surface area contributed by atoms with Crippen molar-refractivity contribution in [2.45, 2.75) is 53.1 Å². The average molecular weight is 286 g/mol. The van der Waals surface area contributed by atoms with E-state index in [1.54, 1.807) is 11.8 Å². The second-order valence-corrected chi connectivity index (χ2v) is 7.43. The van der Waals surface area contributed by atoms with Crippen LogP contribution < -0.4 is 5.32 Å². The number of nitrogens with one attached hydrogen (secondary N) is 1. The summed E-state index contributed by atoms with van der Waals surface area (Å²) in [5.74, 6) is 0.988. The van der Waals surface area contributed by atoms with Crippen LogP contribution in [0.25, 0.3) is 0 Å². The first-order valence-electron chi connectivity index (χ1n) is 6.80. The molecule has 1 rings (SSSR count). The third-order valence-electron chi connectivity index (χ3n) is 3.30. The predicted octanol–water partition coefficient (Wildman–Crippen LogP) is 2.68. The highest BCUT2D eigenvalue weighted by Crippen LogP contribution is 2.30. The van der Waals surface area contributed by atoms with Crippen molar-refractivity contribution in [3.63, 3.8) is 0 Å². The van der Waals surface area contributed by atoms with E-state index < -0.39 is 0 Å². The van der Waals surface area contributed by atoms with E-state index in [1.165, 1.54) is 7.11 Å². The van der Waals surface area contributed by atoms with E-state index in [1.807, 2.05) is 13.8 Å². The number of nitrogens with zero attached hydrogens (tertiary/aromatic N) is 1. The highest BCUT2D eigenvalue weighted by Gasteiger charge is 2.30. The summed E-state index contributed by atoms with van der Waals surface area (Å²) in [5.41, 5.74) is 0.159. The molecular weight excluding hydrogens is 260 g/mol. The van der Waals surface area contributed by atoms with Crippen LogP contribution in [0.1, 0.15) is 41.0 Å². The zero-order valence-electron chi connectivity index (χ0n) is 12.8. The van der Waals surface area contributed by atoms with Gasteiger partial charge in [0.25, 0.3) is 0 Å². The minimum Gasteiger partial charge on any atom is -0.467 e. The van der Waals surface area contributed by atoms with Crippen molar-refractivity contribution in [1.82, 2.24) is 5.32 Å². The molecule has 19 heavy (non-hydrogen) atoms. The molecule has 2 atom stereocenters. The maximum Gasteiger partial charge on any atom is 0.328 e. The quantitative estimate of drug-likeness (QED) is 0.810. The molecule has 0 aromatic rings. The number of hydrogen-bond donors (Lipinski definition) is 1. The largest absolute Gasteiger partial charge is 0.467 e. The molecule has 1 N–H and O–H groups in total. The van der Waals surface area contributed by atoms with Crippen molar-refractivity contribution in [1.29, 1.82) is 0 Å². The topological polar surface area (TPSA) is 50.7 Å². The molecule has 110 valence electrons. The lowest BCUT2D eigenvalue weighted by atomic mass is 9.85. The van der Waals surface area contributed by atoms with Gasteiger partial charge in [-0.1, -0.05) is 46.4 Å². The third-order valence-corrected chi connectivity index (χ3v) is 4.24. The Bertz CT molecular complexity index is 348. The highest BCUT2D eigenvalue weighted by molar-refractivity contribution is 8.13. The number of methoxy groups -OCH3 is 1. The van der Waals surface area contributed by atoms with E-state index >= 15 is 0 Å². The normalized spacial score (nSPS) is 21.8. The first kappa shape index (κ1) is 16.3. The van der Waals surface area contributed by atoms with Crippen molar-refractivity contribution in [3.8, 4) is 0 Å². The minimum absolute atomic E-state index is 0.159. The van der Waals surface area contributed by atoms with Crippen LogP contribution in [-0.4, -0.2) is 36.1 Å². The molecule has 0 fully saturated rings. The van der Waals surface area contributed by atoms with Gasteiger partial charge in [0, 0.05) is 5.75 Å². The molecule has 0 spiro atoms. The van der Waals surface area contributed by atoms with Gasteiger partial charge in [-0.05, 0) is 17.8 Å². The zero-order valence-corrected chi connectivity index (χ0v) is 13.6. The van der Waals surface area contributed by atoms with Gasteiger partial charge in [0.2, 0.25) is 0 Å². The van der Waals surface area contributed by atoms with Crippen molar-refractivity contribution in [3.05, 3.63) is 0 Å². The lowest BCUT2D eigenvalue weighted by Gasteiger charge is -2.32. The first-order chi connectivity index (χ1) is 8.75. The molecule has 0 bridgehead atoms. The van der Waals surface area contributed by atoms with Crippen molar-refractivity contribution >= 4 is 22.9 Å². The molecule has 0 aromatic carbocycles. The van der Waals surface area contributed by atoms with Crippen LogP contribution in [-0.2, 0) is 9.53 Å². The summed E-state index contributed by atoms with van der Waals surface area (Å²) < 4.78 is 4.84. The van der Waals surface area contributed by atoms with Crippen LogP contribution in [0.2, 0.25) is 0 Å². The van der Waals surface area contributed by atoms with E-state index in [2.05, 4.69) is 26.1 Å². The molecule has 2 unspecified atom stereocenters. The van der Waals surface area contributed by atoms with E-state index in [0.29, 0.717) is 6.04 Å². The Hall–Kier alpha value is -0.710. The Labute approximate surface area is 120 Å². The van der Waals surface area contributed by atoms with Gasteiger partial charge in [0.15, 0.2) is 5.17 Å². The number of carbonyl (C=O) groups excluding carboxylic acids is 1. The fourth-order valence-electron chi connectivity index (χ4n) is 1.97. The molecular formula is C14H26N2O2S. The molecule has 4 nitrogen and oxygen atoms in total. The summed E-state index contributed by atoms with van der Waals surface area (Å²) in [6, 6.07) is -0.0170. The number of amidine groups is 1. The second-order valence-electron chi connectivity index (χ2n) is 6.34. The zero-order chi connectivity index (χ0) is 14.6. The van der Waals surface area contributed by atoms with Gasteiger partial charge in [-0.25, -0.2) is 4.79 Å². The predicted molar refractivity (Wildman–Crippen MR) is 81.5 cm³/mol. The molecule has 0 radical (unpaired) electrons. The van der Waals surface area contributed by atoms with Crippen LogP contribution in [0, 0.1) is 11.3 Å². The summed E-state index contributed by atoms with van der Waals surface area (Å²) in [6.45, 7) is 10.6. The number of ether oxygens (including phenoxy) is 1. The fraction of sp³-hybridized carbons (Fsp3) is 0.857. The van der Waals surface area contributed by atoms with Crippen LogP contribution >= 0.6 is 11.8 Å².